The van der Waals surface area contributed by atoms with Crippen LogP contribution in [-0.4, -0.2) is 29.8 Å². The predicted molar refractivity (Wildman–Crippen MR) is 89.2 cm³/mol. The van der Waals surface area contributed by atoms with E-state index in [2.05, 4.69) is 44.8 Å². The summed E-state index contributed by atoms with van der Waals surface area (Å²) in [5, 5.41) is 4.39. The van der Waals surface area contributed by atoms with Gasteiger partial charge in [0.1, 0.15) is 0 Å². The maximum atomic E-state index is 5.83. The molecular formula is C14H19BrN4OS. The topological polar surface area (TPSA) is 65.1 Å². The van der Waals surface area contributed by atoms with Gasteiger partial charge in [-0.25, -0.2) is 5.43 Å². The van der Waals surface area contributed by atoms with E-state index in [0.29, 0.717) is 13.2 Å². The van der Waals surface area contributed by atoms with Gasteiger partial charge < -0.3 is 4.74 Å². The predicted octanol–water partition coefficient (Wildman–Crippen LogP) is 2.57. The SMILES string of the molecule is COCCn1ncc(Br)c1C(NN)c1ccccc1SC. The van der Waals surface area contributed by atoms with Gasteiger partial charge in [0.25, 0.3) is 0 Å². The van der Waals surface area contributed by atoms with Gasteiger partial charge in [0.2, 0.25) is 0 Å². The Morgan fingerprint density at radius 2 is 2.24 bits per heavy atom. The Hall–Kier alpha value is -0.860. The molecule has 0 aliphatic carbocycles. The van der Waals surface area contributed by atoms with Crippen LogP contribution >= 0.6 is 27.7 Å². The van der Waals surface area contributed by atoms with Gasteiger partial charge in [-0.05, 0) is 33.8 Å². The fourth-order valence-corrected chi connectivity index (χ4v) is 3.40. The molecule has 2 aromatic rings. The normalized spacial score (nSPS) is 12.6. The van der Waals surface area contributed by atoms with Gasteiger partial charge in [-0.2, -0.15) is 5.10 Å². The standard InChI is InChI=1S/C14H19BrN4OS/c1-20-8-7-19-14(11(15)9-17-19)13(18-16)10-5-3-4-6-12(10)21-2/h3-6,9,13,18H,7-8,16H2,1-2H3. The summed E-state index contributed by atoms with van der Waals surface area (Å²) < 4.78 is 7.98. The number of ether oxygens (including phenoxy) is 1. The number of rotatable bonds is 7. The maximum absolute atomic E-state index is 5.83. The summed E-state index contributed by atoms with van der Waals surface area (Å²) in [6.45, 7) is 1.28. The minimum Gasteiger partial charge on any atom is -0.383 e. The minimum atomic E-state index is -0.137. The molecule has 0 spiro atoms. The van der Waals surface area contributed by atoms with Gasteiger partial charge in [0, 0.05) is 12.0 Å². The van der Waals surface area contributed by atoms with E-state index in [1.165, 1.54) is 4.90 Å². The molecule has 0 aliphatic rings. The summed E-state index contributed by atoms with van der Waals surface area (Å²) in [7, 11) is 1.68. The fourth-order valence-electron chi connectivity index (χ4n) is 2.24. The Balaban J connectivity index is 2.44. The molecule has 114 valence electrons. The number of nitrogens with two attached hydrogens (primary N) is 1. The van der Waals surface area contributed by atoms with E-state index in [1.807, 2.05) is 16.8 Å². The second kappa shape index (κ2) is 7.95. The van der Waals surface area contributed by atoms with Gasteiger partial charge in [0.15, 0.2) is 0 Å². The Labute approximate surface area is 137 Å². The molecule has 0 saturated heterocycles. The van der Waals surface area contributed by atoms with Crippen molar-refractivity contribution in [1.82, 2.24) is 15.2 Å². The van der Waals surface area contributed by atoms with E-state index in [1.54, 1.807) is 25.1 Å². The first-order chi connectivity index (χ1) is 10.2. The first-order valence-corrected chi connectivity index (χ1v) is 8.53. The number of aromatic nitrogens is 2. The molecule has 0 radical (unpaired) electrons. The van der Waals surface area contributed by atoms with Crippen molar-refractivity contribution < 1.29 is 4.74 Å². The van der Waals surface area contributed by atoms with Crippen molar-refractivity contribution in [3.05, 3.63) is 46.2 Å². The fraction of sp³-hybridized carbons (Fsp3) is 0.357. The lowest BCUT2D eigenvalue weighted by atomic mass is 10.0. The Morgan fingerprint density at radius 1 is 1.48 bits per heavy atom. The van der Waals surface area contributed by atoms with Gasteiger partial charge in [-0.15, -0.1) is 11.8 Å². The number of hydrazine groups is 1. The quantitative estimate of drug-likeness (QED) is 0.445. The number of hydrogen-bond donors (Lipinski definition) is 2. The molecule has 0 fully saturated rings. The number of methoxy groups -OCH3 is 1. The van der Waals surface area contributed by atoms with Crippen LogP contribution in [0.4, 0.5) is 0 Å². The molecule has 1 unspecified atom stereocenters. The smallest absolute Gasteiger partial charge is 0.0900 e. The zero-order valence-corrected chi connectivity index (χ0v) is 14.4. The van der Waals surface area contributed by atoms with Crippen LogP contribution in [0.5, 0.6) is 0 Å². The second-order valence-corrected chi connectivity index (χ2v) is 6.14. The molecule has 1 aromatic carbocycles. The molecular weight excluding hydrogens is 352 g/mol. The summed E-state index contributed by atoms with van der Waals surface area (Å²) in [6, 6.07) is 8.08. The Bertz CT molecular complexity index is 590. The minimum absolute atomic E-state index is 0.137. The highest BCUT2D eigenvalue weighted by molar-refractivity contribution is 9.10. The van der Waals surface area contributed by atoms with Gasteiger partial charge in [0.05, 0.1) is 35.6 Å². The molecule has 5 nitrogen and oxygen atoms in total. The van der Waals surface area contributed by atoms with Crippen LogP contribution in [0, 0.1) is 0 Å². The summed E-state index contributed by atoms with van der Waals surface area (Å²) in [6.07, 6.45) is 3.85. The number of benzene rings is 1. The van der Waals surface area contributed by atoms with E-state index in [4.69, 9.17) is 10.6 Å². The Kier molecular flexibility index (Phi) is 6.25. The molecule has 7 heteroatoms. The molecule has 0 saturated carbocycles. The van der Waals surface area contributed by atoms with Crippen molar-refractivity contribution in [2.45, 2.75) is 17.5 Å². The first-order valence-electron chi connectivity index (χ1n) is 6.52. The van der Waals surface area contributed by atoms with Crippen molar-refractivity contribution in [3.8, 4) is 0 Å². The average Bonchev–Trinajstić information content (AvgIpc) is 2.88. The van der Waals surface area contributed by atoms with E-state index in [0.717, 1.165) is 15.7 Å². The highest BCUT2D eigenvalue weighted by Gasteiger charge is 2.22. The molecule has 0 aliphatic heterocycles. The summed E-state index contributed by atoms with van der Waals surface area (Å²) in [5.41, 5.74) is 5.04. The third-order valence-electron chi connectivity index (χ3n) is 3.23. The van der Waals surface area contributed by atoms with Crippen molar-refractivity contribution in [3.63, 3.8) is 0 Å². The highest BCUT2D eigenvalue weighted by Crippen LogP contribution is 2.33. The summed E-state index contributed by atoms with van der Waals surface area (Å²) in [4.78, 5) is 1.19. The largest absolute Gasteiger partial charge is 0.383 e. The molecule has 1 heterocycles. The van der Waals surface area contributed by atoms with E-state index in [-0.39, 0.29) is 6.04 Å². The van der Waals surface area contributed by atoms with Gasteiger partial charge >= 0.3 is 0 Å². The van der Waals surface area contributed by atoms with Crippen LogP contribution in [0.2, 0.25) is 0 Å². The van der Waals surface area contributed by atoms with Crippen LogP contribution in [0.3, 0.4) is 0 Å². The number of nitrogens with one attached hydrogen (secondary N) is 1. The lowest BCUT2D eigenvalue weighted by Gasteiger charge is -2.21. The third-order valence-corrected chi connectivity index (χ3v) is 4.65. The lowest BCUT2D eigenvalue weighted by Crippen LogP contribution is -2.31. The monoisotopic (exact) mass is 370 g/mol. The Morgan fingerprint density at radius 3 is 2.90 bits per heavy atom. The van der Waals surface area contributed by atoms with Crippen molar-refractivity contribution in [2.75, 3.05) is 20.0 Å². The zero-order chi connectivity index (χ0) is 15.2. The third kappa shape index (κ3) is 3.67. The molecule has 1 atom stereocenters. The van der Waals surface area contributed by atoms with Crippen molar-refractivity contribution >= 4 is 27.7 Å². The van der Waals surface area contributed by atoms with Crippen molar-refractivity contribution in [2.24, 2.45) is 5.84 Å². The maximum Gasteiger partial charge on any atom is 0.0900 e. The summed E-state index contributed by atoms with van der Waals surface area (Å²) in [5.74, 6) is 5.83. The summed E-state index contributed by atoms with van der Waals surface area (Å²) >= 11 is 5.27. The van der Waals surface area contributed by atoms with Crippen LogP contribution in [-0.2, 0) is 11.3 Å². The average molecular weight is 371 g/mol. The first kappa shape index (κ1) is 16.5. The molecule has 1 aromatic heterocycles. The van der Waals surface area contributed by atoms with Crippen LogP contribution in [0.15, 0.2) is 39.8 Å². The number of nitrogens with zero attached hydrogens (tertiary/aromatic N) is 2. The van der Waals surface area contributed by atoms with E-state index >= 15 is 0 Å². The zero-order valence-electron chi connectivity index (χ0n) is 12.0. The molecule has 21 heavy (non-hydrogen) atoms. The van der Waals surface area contributed by atoms with E-state index in [9.17, 15) is 0 Å². The number of hydrogen-bond acceptors (Lipinski definition) is 5. The molecule has 3 N–H and O–H groups in total. The molecule has 0 bridgehead atoms. The van der Waals surface area contributed by atoms with Crippen LogP contribution in [0.1, 0.15) is 17.3 Å². The van der Waals surface area contributed by atoms with Gasteiger partial charge in [-0.1, -0.05) is 18.2 Å². The lowest BCUT2D eigenvalue weighted by molar-refractivity contribution is 0.182. The van der Waals surface area contributed by atoms with Crippen molar-refractivity contribution in [1.29, 1.82) is 0 Å². The number of halogens is 1. The van der Waals surface area contributed by atoms with E-state index < -0.39 is 0 Å². The second-order valence-electron chi connectivity index (χ2n) is 4.44. The van der Waals surface area contributed by atoms with Crippen LogP contribution < -0.4 is 11.3 Å². The molecule has 2 rings (SSSR count). The van der Waals surface area contributed by atoms with Gasteiger partial charge in [-0.3, -0.25) is 10.5 Å². The van der Waals surface area contributed by atoms with Crippen LogP contribution in [0.25, 0.3) is 0 Å². The number of thioether (sulfide) groups is 1. The highest BCUT2D eigenvalue weighted by atomic mass is 79.9. The molecule has 0 amide bonds.